The molecule has 0 bridgehead atoms. The molecule has 1 aromatic carbocycles. The number of carbonyl (C=O) groups is 1. The first kappa shape index (κ1) is 18.3. The molecule has 2 aromatic rings. The molecule has 2 heterocycles. The maximum absolute atomic E-state index is 12.1. The average Bonchev–Trinajstić information content (AvgIpc) is 3.12. The van der Waals surface area contributed by atoms with Crippen molar-refractivity contribution in [3.63, 3.8) is 0 Å². The zero-order chi connectivity index (χ0) is 18.2. The molecule has 1 fully saturated rings. The van der Waals surface area contributed by atoms with E-state index < -0.39 is 0 Å². The number of carbonyl (C=O) groups excluding carboxylic acids is 1. The molecule has 1 aromatic heterocycles. The molecule has 8 heteroatoms. The van der Waals surface area contributed by atoms with Crippen LogP contribution in [-0.4, -0.2) is 50.0 Å². The summed E-state index contributed by atoms with van der Waals surface area (Å²) in [6, 6.07) is 7.55. The van der Waals surface area contributed by atoms with Gasteiger partial charge >= 0.3 is 0 Å². The number of nitrogens with one attached hydrogen (secondary N) is 1. The molecule has 1 amide bonds. The van der Waals surface area contributed by atoms with Crippen LogP contribution in [0, 0.1) is 0 Å². The first-order valence-electron chi connectivity index (χ1n) is 8.57. The van der Waals surface area contributed by atoms with E-state index >= 15 is 0 Å². The van der Waals surface area contributed by atoms with Crippen LogP contribution < -0.4 is 15.1 Å². The van der Waals surface area contributed by atoms with Crippen LogP contribution in [0.4, 0.5) is 5.13 Å². The monoisotopic (exact) mass is 374 g/mol. The Hall–Kier alpha value is -2.45. The van der Waals surface area contributed by atoms with Gasteiger partial charge in [0.1, 0.15) is 5.75 Å². The second kappa shape index (κ2) is 9.30. The van der Waals surface area contributed by atoms with Gasteiger partial charge in [-0.25, -0.2) is 10.4 Å². The number of thiazole rings is 1. The number of amides is 1. The number of aromatic nitrogens is 1. The Kier molecular flexibility index (Phi) is 6.56. The molecule has 0 spiro atoms. The summed E-state index contributed by atoms with van der Waals surface area (Å²) in [6.45, 7) is 5.60. The SMILES string of the molecule is CCOc1ccccc1/C=N\NC(=O)Cc1csc(N2CCOCC2)n1. The van der Waals surface area contributed by atoms with Gasteiger partial charge in [-0.15, -0.1) is 11.3 Å². The van der Waals surface area contributed by atoms with E-state index in [0.717, 1.165) is 35.2 Å². The van der Waals surface area contributed by atoms with Crippen LogP contribution in [0.25, 0.3) is 0 Å². The summed E-state index contributed by atoms with van der Waals surface area (Å²) < 4.78 is 10.9. The van der Waals surface area contributed by atoms with Crippen molar-refractivity contribution < 1.29 is 14.3 Å². The van der Waals surface area contributed by atoms with E-state index in [2.05, 4.69) is 20.4 Å². The Morgan fingerprint density at radius 3 is 3.04 bits per heavy atom. The molecule has 26 heavy (non-hydrogen) atoms. The Balaban J connectivity index is 1.52. The number of para-hydroxylation sites is 1. The van der Waals surface area contributed by atoms with E-state index in [1.807, 2.05) is 36.6 Å². The topological polar surface area (TPSA) is 76.0 Å². The van der Waals surface area contributed by atoms with E-state index in [-0.39, 0.29) is 12.3 Å². The molecule has 1 aliphatic rings. The number of hydrogen-bond acceptors (Lipinski definition) is 7. The van der Waals surface area contributed by atoms with E-state index in [1.165, 1.54) is 0 Å². The largest absolute Gasteiger partial charge is 0.493 e. The lowest BCUT2D eigenvalue weighted by molar-refractivity contribution is -0.120. The molecular weight excluding hydrogens is 352 g/mol. The number of hydrogen-bond donors (Lipinski definition) is 1. The van der Waals surface area contributed by atoms with Gasteiger partial charge in [-0.3, -0.25) is 4.79 Å². The smallest absolute Gasteiger partial charge is 0.246 e. The highest BCUT2D eigenvalue weighted by atomic mass is 32.1. The van der Waals surface area contributed by atoms with Crippen LogP contribution in [0.1, 0.15) is 18.2 Å². The van der Waals surface area contributed by atoms with Crippen LogP contribution in [0.15, 0.2) is 34.7 Å². The lowest BCUT2D eigenvalue weighted by atomic mass is 10.2. The van der Waals surface area contributed by atoms with Gasteiger partial charge in [0.05, 0.1) is 38.1 Å². The van der Waals surface area contributed by atoms with Crippen molar-refractivity contribution in [3.8, 4) is 5.75 Å². The maximum Gasteiger partial charge on any atom is 0.246 e. The molecule has 0 unspecified atom stereocenters. The van der Waals surface area contributed by atoms with Crippen molar-refractivity contribution >= 4 is 28.6 Å². The average molecular weight is 374 g/mol. The summed E-state index contributed by atoms with van der Waals surface area (Å²) in [5.74, 6) is 0.539. The van der Waals surface area contributed by atoms with E-state index in [1.54, 1.807) is 17.6 Å². The fraction of sp³-hybridized carbons (Fsp3) is 0.389. The van der Waals surface area contributed by atoms with Gasteiger partial charge in [0.2, 0.25) is 5.91 Å². The summed E-state index contributed by atoms with van der Waals surface area (Å²) in [5.41, 5.74) is 4.11. The number of rotatable bonds is 7. The van der Waals surface area contributed by atoms with E-state index in [9.17, 15) is 4.79 Å². The fourth-order valence-electron chi connectivity index (χ4n) is 2.53. The third kappa shape index (κ3) is 5.03. The summed E-state index contributed by atoms with van der Waals surface area (Å²) in [5, 5.41) is 6.87. The van der Waals surface area contributed by atoms with Gasteiger partial charge in [-0.1, -0.05) is 12.1 Å². The zero-order valence-corrected chi connectivity index (χ0v) is 15.5. The molecule has 138 valence electrons. The third-order valence-corrected chi connectivity index (χ3v) is 4.72. The number of hydrazone groups is 1. The van der Waals surface area contributed by atoms with Crippen LogP contribution in [0.5, 0.6) is 5.75 Å². The molecule has 1 aliphatic heterocycles. The van der Waals surface area contributed by atoms with Crippen molar-refractivity contribution in [1.29, 1.82) is 0 Å². The minimum atomic E-state index is -0.200. The second-order valence-corrected chi connectivity index (χ2v) is 6.50. The molecule has 3 rings (SSSR count). The Morgan fingerprint density at radius 1 is 1.42 bits per heavy atom. The van der Waals surface area contributed by atoms with Crippen molar-refractivity contribution in [2.75, 3.05) is 37.8 Å². The van der Waals surface area contributed by atoms with Crippen molar-refractivity contribution in [2.24, 2.45) is 5.10 Å². The molecule has 0 saturated carbocycles. The first-order valence-corrected chi connectivity index (χ1v) is 9.45. The molecule has 1 N–H and O–H groups in total. The Labute approximate surface area is 156 Å². The first-order chi connectivity index (χ1) is 12.8. The van der Waals surface area contributed by atoms with Crippen LogP contribution >= 0.6 is 11.3 Å². The highest BCUT2D eigenvalue weighted by molar-refractivity contribution is 7.13. The van der Waals surface area contributed by atoms with Gasteiger partial charge in [0.15, 0.2) is 5.13 Å². The number of nitrogens with zero attached hydrogens (tertiary/aromatic N) is 3. The zero-order valence-electron chi connectivity index (χ0n) is 14.7. The quantitative estimate of drug-likeness (QED) is 0.593. The standard InChI is InChI=1S/C18H22N4O3S/c1-2-25-16-6-4-3-5-14(16)12-19-21-17(23)11-15-13-26-18(20-15)22-7-9-24-10-8-22/h3-6,12-13H,2,7-11H2,1H3,(H,21,23)/b19-12-. The third-order valence-electron chi connectivity index (χ3n) is 3.77. The number of anilines is 1. The molecule has 7 nitrogen and oxygen atoms in total. The molecule has 0 aliphatic carbocycles. The van der Waals surface area contributed by atoms with E-state index in [0.29, 0.717) is 19.8 Å². The minimum Gasteiger partial charge on any atom is -0.493 e. The lowest BCUT2D eigenvalue weighted by Gasteiger charge is -2.26. The maximum atomic E-state index is 12.1. The number of morpholine rings is 1. The normalized spacial score (nSPS) is 14.6. The van der Waals surface area contributed by atoms with Gasteiger partial charge in [0, 0.05) is 24.0 Å². The Morgan fingerprint density at radius 2 is 2.23 bits per heavy atom. The number of ether oxygens (including phenoxy) is 2. The second-order valence-electron chi connectivity index (χ2n) is 5.66. The predicted octanol–water partition coefficient (Wildman–Crippen LogP) is 2.07. The molecule has 1 saturated heterocycles. The number of benzene rings is 1. The fourth-order valence-corrected chi connectivity index (χ4v) is 3.41. The van der Waals surface area contributed by atoms with Crippen LogP contribution in [0.2, 0.25) is 0 Å². The molecule has 0 radical (unpaired) electrons. The van der Waals surface area contributed by atoms with Crippen molar-refractivity contribution in [2.45, 2.75) is 13.3 Å². The van der Waals surface area contributed by atoms with Crippen LogP contribution in [-0.2, 0) is 16.0 Å². The van der Waals surface area contributed by atoms with Gasteiger partial charge in [-0.2, -0.15) is 5.10 Å². The highest BCUT2D eigenvalue weighted by Gasteiger charge is 2.15. The van der Waals surface area contributed by atoms with Crippen molar-refractivity contribution in [3.05, 3.63) is 40.9 Å². The minimum absolute atomic E-state index is 0.200. The lowest BCUT2D eigenvalue weighted by Crippen LogP contribution is -2.36. The summed E-state index contributed by atoms with van der Waals surface area (Å²) in [7, 11) is 0. The van der Waals surface area contributed by atoms with E-state index in [4.69, 9.17) is 9.47 Å². The van der Waals surface area contributed by atoms with Crippen molar-refractivity contribution in [1.82, 2.24) is 10.4 Å². The van der Waals surface area contributed by atoms with Gasteiger partial charge in [0.25, 0.3) is 0 Å². The van der Waals surface area contributed by atoms with Gasteiger partial charge < -0.3 is 14.4 Å². The Bertz CT molecular complexity index is 756. The molecule has 0 atom stereocenters. The summed E-state index contributed by atoms with van der Waals surface area (Å²) in [4.78, 5) is 18.8. The predicted molar refractivity (Wildman–Crippen MR) is 102 cm³/mol. The summed E-state index contributed by atoms with van der Waals surface area (Å²) >= 11 is 1.55. The molecular formula is C18H22N4O3S. The van der Waals surface area contributed by atoms with Gasteiger partial charge in [-0.05, 0) is 19.1 Å². The summed E-state index contributed by atoms with van der Waals surface area (Å²) in [6.07, 6.45) is 1.79. The van der Waals surface area contributed by atoms with Crippen LogP contribution in [0.3, 0.4) is 0 Å². The highest BCUT2D eigenvalue weighted by Crippen LogP contribution is 2.21.